The quantitative estimate of drug-likeness (QED) is 0.906. The summed E-state index contributed by atoms with van der Waals surface area (Å²) in [4.78, 5) is 9.67. The van der Waals surface area contributed by atoms with Gasteiger partial charge in [0.15, 0.2) is 0 Å². The van der Waals surface area contributed by atoms with Crippen LogP contribution in [-0.2, 0) is 11.3 Å². The van der Waals surface area contributed by atoms with E-state index < -0.39 is 0 Å². The zero-order valence-electron chi connectivity index (χ0n) is 13.1. The van der Waals surface area contributed by atoms with Crippen LogP contribution < -0.4 is 5.73 Å². The topological polar surface area (TPSA) is 54.6 Å². The van der Waals surface area contributed by atoms with E-state index in [0.717, 1.165) is 68.4 Å². The smallest absolute Gasteiger partial charge is 0.0594 e. The lowest BCUT2D eigenvalue weighted by Crippen LogP contribution is -2.44. The second-order valence-electron chi connectivity index (χ2n) is 6.25. The molecule has 3 rings (SSSR count). The average Bonchev–Trinajstić information content (AvgIpc) is 2.97. The molecule has 1 unspecified atom stereocenters. The van der Waals surface area contributed by atoms with Crippen molar-refractivity contribution in [3.05, 3.63) is 23.0 Å². The van der Waals surface area contributed by atoms with Gasteiger partial charge in [0, 0.05) is 50.6 Å². The fraction of sp³-hybridized carbons (Fsp3) is 0.688. The molecular formula is C16H26N4O. The van der Waals surface area contributed by atoms with Gasteiger partial charge in [-0.1, -0.05) is 0 Å². The Kier molecular flexibility index (Phi) is 4.42. The molecule has 3 heterocycles. The molecule has 0 aliphatic carbocycles. The molecule has 2 fully saturated rings. The number of hydrogen-bond donors (Lipinski definition) is 1. The van der Waals surface area contributed by atoms with Gasteiger partial charge in [-0.3, -0.25) is 14.8 Å². The first kappa shape index (κ1) is 14.8. The molecule has 0 amide bonds. The number of nitrogens with zero attached hydrogens (tertiary/aromatic N) is 3. The molecule has 0 aromatic carbocycles. The first-order valence-corrected chi connectivity index (χ1v) is 7.90. The average molecular weight is 290 g/mol. The third-order valence-electron chi connectivity index (χ3n) is 4.86. The van der Waals surface area contributed by atoms with Crippen LogP contribution >= 0.6 is 0 Å². The van der Waals surface area contributed by atoms with Crippen LogP contribution in [-0.4, -0.2) is 60.2 Å². The molecule has 1 aromatic heterocycles. The minimum atomic E-state index is 0.678. The van der Waals surface area contributed by atoms with Gasteiger partial charge in [0.2, 0.25) is 0 Å². The molecule has 0 saturated carbocycles. The van der Waals surface area contributed by atoms with Gasteiger partial charge in [-0.05, 0) is 31.4 Å². The fourth-order valence-electron chi connectivity index (χ4n) is 3.36. The Labute approximate surface area is 127 Å². The molecular weight excluding hydrogens is 264 g/mol. The summed E-state index contributed by atoms with van der Waals surface area (Å²) in [5.74, 6) is 0. The number of anilines is 1. The molecule has 5 heteroatoms. The minimum absolute atomic E-state index is 0.678. The molecule has 2 saturated heterocycles. The van der Waals surface area contributed by atoms with Crippen molar-refractivity contribution in [3.8, 4) is 0 Å². The molecule has 0 bridgehead atoms. The maximum absolute atomic E-state index is 6.12. The molecule has 2 N–H and O–H groups in total. The van der Waals surface area contributed by atoms with Gasteiger partial charge >= 0.3 is 0 Å². The standard InChI is InChI=1S/C16H26N4O/c1-12-9-18-15(13(2)16(12)17)11-19-4-3-14(10-19)20-5-7-21-8-6-20/h9,14H,3-8,10-11H2,1-2H3,(H2,17,18). The maximum Gasteiger partial charge on any atom is 0.0594 e. The van der Waals surface area contributed by atoms with Crippen molar-refractivity contribution in [1.29, 1.82) is 0 Å². The van der Waals surface area contributed by atoms with E-state index in [0.29, 0.717) is 6.04 Å². The van der Waals surface area contributed by atoms with Gasteiger partial charge in [0.25, 0.3) is 0 Å². The highest BCUT2D eigenvalue weighted by Crippen LogP contribution is 2.22. The molecule has 2 aliphatic heterocycles. The minimum Gasteiger partial charge on any atom is -0.398 e. The fourth-order valence-corrected chi connectivity index (χ4v) is 3.36. The summed E-state index contributed by atoms with van der Waals surface area (Å²) in [7, 11) is 0. The highest BCUT2D eigenvalue weighted by atomic mass is 16.5. The Morgan fingerprint density at radius 1 is 1.29 bits per heavy atom. The summed E-state index contributed by atoms with van der Waals surface area (Å²) in [5.41, 5.74) is 10.4. The van der Waals surface area contributed by atoms with Crippen LogP contribution in [0.3, 0.4) is 0 Å². The Balaban J connectivity index is 1.61. The molecule has 0 spiro atoms. The first-order valence-electron chi connectivity index (χ1n) is 7.90. The molecule has 5 nitrogen and oxygen atoms in total. The van der Waals surface area contributed by atoms with Crippen molar-refractivity contribution in [2.45, 2.75) is 32.9 Å². The van der Waals surface area contributed by atoms with Gasteiger partial charge in [0.1, 0.15) is 0 Å². The van der Waals surface area contributed by atoms with E-state index in [1.54, 1.807) is 0 Å². The molecule has 116 valence electrons. The third-order valence-corrected chi connectivity index (χ3v) is 4.86. The van der Waals surface area contributed by atoms with Crippen LogP contribution in [0.25, 0.3) is 0 Å². The molecule has 0 radical (unpaired) electrons. The van der Waals surface area contributed by atoms with E-state index in [9.17, 15) is 0 Å². The summed E-state index contributed by atoms with van der Waals surface area (Å²) in [6.45, 7) is 11.2. The lowest BCUT2D eigenvalue weighted by atomic mass is 10.1. The second kappa shape index (κ2) is 6.30. The number of hydrogen-bond acceptors (Lipinski definition) is 5. The van der Waals surface area contributed by atoms with Crippen molar-refractivity contribution in [1.82, 2.24) is 14.8 Å². The van der Waals surface area contributed by atoms with E-state index in [4.69, 9.17) is 10.5 Å². The maximum atomic E-state index is 6.12. The number of likely N-dealkylation sites (tertiary alicyclic amines) is 1. The predicted molar refractivity (Wildman–Crippen MR) is 84.2 cm³/mol. The first-order chi connectivity index (χ1) is 10.1. The van der Waals surface area contributed by atoms with Gasteiger partial charge < -0.3 is 10.5 Å². The van der Waals surface area contributed by atoms with Crippen LogP contribution in [0.5, 0.6) is 0 Å². The van der Waals surface area contributed by atoms with Gasteiger partial charge in [0.05, 0.1) is 18.9 Å². The van der Waals surface area contributed by atoms with E-state index >= 15 is 0 Å². The second-order valence-corrected chi connectivity index (χ2v) is 6.25. The molecule has 1 aromatic rings. The summed E-state index contributed by atoms with van der Waals surface area (Å²) >= 11 is 0. The van der Waals surface area contributed by atoms with Gasteiger partial charge in [-0.25, -0.2) is 0 Å². The van der Waals surface area contributed by atoms with Gasteiger partial charge in [-0.2, -0.15) is 0 Å². The van der Waals surface area contributed by atoms with Crippen molar-refractivity contribution >= 4 is 5.69 Å². The number of aryl methyl sites for hydroxylation is 1. The van der Waals surface area contributed by atoms with Crippen LogP contribution in [0.15, 0.2) is 6.20 Å². The Bertz CT molecular complexity index is 499. The number of nitrogen functional groups attached to an aromatic ring is 1. The zero-order chi connectivity index (χ0) is 14.8. The van der Waals surface area contributed by atoms with Crippen LogP contribution in [0.4, 0.5) is 5.69 Å². The third kappa shape index (κ3) is 3.20. The summed E-state index contributed by atoms with van der Waals surface area (Å²) in [6, 6.07) is 0.678. The van der Waals surface area contributed by atoms with Gasteiger partial charge in [-0.15, -0.1) is 0 Å². The van der Waals surface area contributed by atoms with Crippen LogP contribution in [0, 0.1) is 13.8 Å². The number of aromatic nitrogens is 1. The number of rotatable bonds is 3. The van der Waals surface area contributed by atoms with Crippen LogP contribution in [0.2, 0.25) is 0 Å². The lowest BCUT2D eigenvalue weighted by Gasteiger charge is -2.32. The van der Waals surface area contributed by atoms with E-state index in [-0.39, 0.29) is 0 Å². The number of nitrogens with two attached hydrogens (primary N) is 1. The lowest BCUT2D eigenvalue weighted by molar-refractivity contribution is 0.0183. The predicted octanol–water partition coefficient (Wildman–Crippen LogP) is 1.19. The van der Waals surface area contributed by atoms with Crippen molar-refractivity contribution in [2.75, 3.05) is 45.1 Å². The van der Waals surface area contributed by atoms with Crippen molar-refractivity contribution in [3.63, 3.8) is 0 Å². The monoisotopic (exact) mass is 290 g/mol. The number of pyridine rings is 1. The Morgan fingerprint density at radius 2 is 2.05 bits per heavy atom. The van der Waals surface area contributed by atoms with Crippen molar-refractivity contribution < 1.29 is 4.74 Å². The van der Waals surface area contributed by atoms with E-state index in [1.165, 1.54) is 6.42 Å². The SMILES string of the molecule is Cc1cnc(CN2CCC(N3CCOCC3)C2)c(C)c1N. The normalized spacial score (nSPS) is 24.6. The highest BCUT2D eigenvalue weighted by Gasteiger charge is 2.29. The molecule has 21 heavy (non-hydrogen) atoms. The highest BCUT2D eigenvalue weighted by molar-refractivity contribution is 5.53. The van der Waals surface area contributed by atoms with Crippen molar-refractivity contribution in [2.24, 2.45) is 0 Å². The Morgan fingerprint density at radius 3 is 2.81 bits per heavy atom. The summed E-state index contributed by atoms with van der Waals surface area (Å²) in [5, 5.41) is 0. The van der Waals surface area contributed by atoms with Crippen LogP contribution in [0.1, 0.15) is 23.2 Å². The molecule has 1 atom stereocenters. The number of morpholine rings is 1. The van der Waals surface area contributed by atoms with E-state index in [2.05, 4.69) is 21.7 Å². The number of ether oxygens (including phenoxy) is 1. The molecule has 2 aliphatic rings. The summed E-state index contributed by atoms with van der Waals surface area (Å²) in [6.07, 6.45) is 3.15. The Hall–Kier alpha value is -1.17. The van der Waals surface area contributed by atoms with E-state index in [1.807, 2.05) is 13.1 Å². The summed E-state index contributed by atoms with van der Waals surface area (Å²) < 4.78 is 5.44. The largest absolute Gasteiger partial charge is 0.398 e. The zero-order valence-corrected chi connectivity index (χ0v) is 13.1.